The van der Waals surface area contributed by atoms with Gasteiger partial charge in [-0.15, -0.1) is 0 Å². The average molecular weight is 344 g/mol. The highest BCUT2D eigenvalue weighted by Crippen LogP contribution is 2.24. The molecule has 134 valence electrons. The summed E-state index contributed by atoms with van der Waals surface area (Å²) in [6.45, 7) is 8.23. The zero-order valence-corrected chi connectivity index (χ0v) is 14.8. The molecule has 0 aliphatic heterocycles. The molecule has 1 heterocycles. The van der Waals surface area contributed by atoms with Crippen molar-refractivity contribution in [3.63, 3.8) is 0 Å². The van der Waals surface area contributed by atoms with Crippen LogP contribution < -0.4 is 4.74 Å². The van der Waals surface area contributed by atoms with Gasteiger partial charge < -0.3 is 14.0 Å². The highest BCUT2D eigenvalue weighted by molar-refractivity contribution is 5.81. The normalized spacial score (nSPS) is 10.5. The summed E-state index contributed by atoms with van der Waals surface area (Å²) in [5, 5.41) is 3.92. The van der Waals surface area contributed by atoms with Gasteiger partial charge in [-0.05, 0) is 56.4 Å². The van der Waals surface area contributed by atoms with Crippen LogP contribution >= 0.6 is 0 Å². The van der Waals surface area contributed by atoms with E-state index in [0.717, 1.165) is 42.6 Å². The molecule has 0 amide bonds. The molecule has 1 aromatic carbocycles. The van der Waals surface area contributed by atoms with E-state index in [-0.39, 0.29) is 5.97 Å². The van der Waals surface area contributed by atoms with Crippen LogP contribution in [0.5, 0.6) is 5.75 Å². The van der Waals surface area contributed by atoms with Crippen LogP contribution in [0.2, 0.25) is 0 Å². The van der Waals surface area contributed by atoms with E-state index < -0.39 is 0 Å². The van der Waals surface area contributed by atoms with Gasteiger partial charge in [-0.1, -0.05) is 11.7 Å². The first kappa shape index (κ1) is 18.7. The molecule has 6 heteroatoms. The van der Waals surface area contributed by atoms with Gasteiger partial charge in [0.1, 0.15) is 5.75 Å². The van der Waals surface area contributed by atoms with Crippen LogP contribution in [0.25, 0.3) is 11.4 Å². The lowest BCUT2D eigenvalue weighted by molar-refractivity contribution is -0.137. The van der Waals surface area contributed by atoms with Crippen molar-refractivity contribution in [1.82, 2.24) is 10.1 Å². The smallest absolute Gasteiger partial charge is 0.330 e. The van der Waals surface area contributed by atoms with Crippen molar-refractivity contribution in [2.45, 2.75) is 39.5 Å². The van der Waals surface area contributed by atoms with Gasteiger partial charge in [0, 0.05) is 18.6 Å². The van der Waals surface area contributed by atoms with Crippen LogP contribution in [-0.4, -0.2) is 29.3 Å². The predicted molar refractivity (Wildman–Crippen MR) is 94.3 cm³/mol. The van der Waals surface area contributed by atoms with Crippen LogP contribution in [0.15, 0.2) is 35.4 Å². The first-order chi connectivity index (χ1) is 12.1. The maximum atomic E-state index is 10.9. The molecule has 0 fully saturated rings. The molecule has 0 N–H and O–H groups in total. The third kappa shape index (κ3) is 6.06. The Bertz CT molecular complexity index is 709. The fourth-order valence-electron chi connectivity index (χ4n) is 2.34. The summed E-state index contributed by atoms with van der Waals surface area (Å²) in [5.41, 5.74) is 1.95. The number of unbranched alkanes of at least 4 members (excludes halogenated alkanes) is 3. The Kier molecular flexibility index (Phi) is 7.19. The SMILES string of the molecule is C=CC(=O)OCCCCCCOc1ccc(-c2noc(C)n2)cc1C. The van der Waals surface area contributed by atoms with Crippen LogP contribution in [0, 0.1) is 13.8 Å². The maximum Gasteiger partial charge on any atom is 0.330 e. The molecule has 25 heavy (non-hydrogen) atoms. The molecule has 0 saturated heterocycles. The maximum absolute atomic E-state index is 10.9. The summed E-state index contributed by atoms with van der Waals surface area (Å²) in [6.07, 6.45) is 5.03. The molecule has 0 radical (unpaired) electrons. The van der Waals surface area contributed by atoms with E-state index in [1.54, 1.807) is 6.92 Å². The quantitative estimate of drug-likeness (QED) is 0.368. The summed E-state index contributed by atoms with van der Waals surface area (Å²) in [5.74, 6) is 1.64. The van der Waals surface area contributed by atoms with E-state index in [4.69, 9.17) is 14.0 Å². The number of ether oxygens (including phenoxy) is 2. The fraction of sp³-hybridized carbons (Fsp3) is 0.421. The fourth-order valence-corrected chi connectivity index (χ4v) is 2.34. The number of rotatable bonds is 10. The van der Waals surface area contributed by atoms with E-state index in [1.807, 2.05) is 25.1 Å². The lowest BCUT2D eigenvalue weighted by atomic mass is 10.1. The van der Waals surface area contributed by atoms with Crippen molar-refractivity contribution >= 4 is 5.97 Å². The number of carbonyl (C=O) groups excluding carboxylic acids is 1. The Morgan fingerprint density at radius 3 is 2.60 bits per heavy atom. The zero-order valence-electron chi connectivity index (χ0n) is 14.8. The minimum Gasteiger partial charge on any atom is -0.493 e. The molecule has 0 atom stereocenters. The van der Waals surface area contributed by atoms with E-state index in [1.165, 1.54) is 6.08 Å². The summed E-state index contributed by atoms with van der Waals surface area (Å²) in [6, 6.07) is 5.86. The number of nitrogens with zero attached hydrogens (tertiary/aromatic N) is 2. The monoisotopic (exact) mass is 344 g/mol. The molecular formula is C19H24N2O4. The summed E-state index contributed by atoms with van der Waals surface area (Å²) in [7, 11) is 0. The highest BCUT2D eigenvalue weighted by atomic mass is 16.5. The van der Waals surface area contributed by atoms with Crippen molar-refractivity contribution in [2.75, 3.05) is 13.2 Å². The number of aromatic nitrogens is 2. The van der Waals surface area contributed by atoms with Gasteiger partial charge in [-0.2, -0.15) is 4.98 Å². The lowest BCUT2D eigenvalue weighted by Gasteiger charge is -2.10. The van der Waals surface area contributed by atoms with Crippen molar-refractivity contribution < 1.29 is 18.8 Å². The first-order valence-corrected chi connectivity index (χ1v) is 8.43. The molecular weight excluding hydrogens is 320 g/mol. The van der Waals surface area contributed by atoms with Crippen LogP contribution in [0.1, 0.15) is 37.1 Å². The number of benzene rings is 1. The van der Waals surface area contributed by atoms with Gasteiger partial charge >= 0.3 is 5.97 Å². The van der Waals surface area contributed by atoms with Crippen molar-refractivity contribution in [2.24, 2.45) is 0 Å². The number of carbonyl (C=O) groups is 1. The Balaban J connectivity index is 1.67. The molecule has 0 aliphatic rings. The second kappa shape index (κ2) is 9.61. The van der Waals surface area contributed by atoms with E-state index in [9.17, 15) is 4.79 Å². The number of esters is 1. The highest BCUT2D eigenvalue weighted by Gasteiger charge is 2.08. The molecule has 0 unspecified atom stereocenters. The van der Waals surface area contributed by atoms with Crippen molar-refractivity contribution in [3.8, 4) is 17.1 Å². The molecule has 1 aromatic heterocycles. The summed E-state index contributed by atoms with van der Waals surface area (Å²) >= 11 is 0. The molecule has 2 rings (SSSR count). The lowest BCUT2D eigenvalue weighted by Crippen LogP contribution is -2.02. The van der Waals surface area contributed by atoms with Gasteiger partial charge in [0.05, 0.1) is 13.2 Å². The van der Waals surface area contributed by atoms with Crippen molar-refractivity contribution in [1.29, 1.82) is 0 Å². The standard InChI is InChI=1S/C19H24N2O4/c1-4-18(22)24-12-8-6-5-7-11-23-17-10-9-16(13-14(17)2)19-20-15(3)25-21-19/h4,9-10,13H,1,5-8,11-12H2,2-3H3. The first-order valence-electron chi connectivity index (χ1n) is 8.43. The molecule has 0 spiro atoms. The Morgan fingerprint density at radius 2 is 1.96 bits per heavy atom. The third-order valence-electron chi connectivity index (χ3n) is 3.67. The van der Waals surface area contributed by atoms with E-state index in [2.05, 4.69) is 16.7 Å². The minimum absolute atomic E-state index is 0.363. The zero-order chi connectivity index (χ0) is 18.1. The topological polar surface area (TPSA) is 74.5 Å². The number of hydrogen-bond donors (Lipinski definition) is 0. The molecule has 2 aromatic rings. The predicted octanol–water partition coefficient (Wildman–Crippen LogP) is 4.02. The van der Waals surface area contributed by atoms with Crippen LogP contribution in [-0.2, 0) is 9.53 Å². The minimum atomic E-state index is -0.363. The van der Waals surface area contributed by atoms with Gasteiger partial charge in [0.25, 0.3) is 0 Å². The third-order valence-corrected chi connectivity index (χ3v) is 3.67. The second-order valence-corrected chi connectivity index (χ2v) is 5.75. The van der Waals surface area contributed by atoms with E-state index in [0.29, 0.717) is 24.9 Å². The van der Waals surface area contributed by atoms with Crippen LogP contribution in [0.4, 0.5) is 0 Å². The van der Waals surface area contributed by atoms with E-state index >= 15 is 0 Å². The van der Waals surface area contributed by atoms with Gasteiger partial charge in [-0.3, -0.25) is 0 Å². The molecule has 0 saturated carbocycles. The number of aryl methyl sites for hydroxylation is 2. The van der Waals surface area contributed by atoms with Gasteiger partial charge in [0.2, 0.25) is 11.7 Å². The second-order valence-electron chi connectivity index (χ2n) is 5.75. The Hall–Kier alpha value is -2.63. The number of hydrogen-bond acceptors (Lipinski definition) is 6. The summed E-state index contributed by atoms with van der Waals surface area (Å²) in [4.78, 5) is 15.1. The summed E-state index contributed by atoms with van der Waals surface area (Å²) < 4.78 is 15.8. The van der Waals surface area contributed by atoms with Crippen LogP contribution in [0.3, 0.4) is 0 Å². The Morgan fingerprint density at radius 1 is 1.20 bits per heavy atom. The van der Waals surface area contributed by atoms with Gasteiger partial charge in [-0.25, -0.2) is 4.79 Å². The largest absolute Gasteiger partial charge is 0.493 e. The van der Waals surface area contributed by atoms with Crippen molar-refractivity contribution in [3.05, 3.63) is 42.3 Å². The van der Waals surface area contributed by atoms with Gasteiger partial charge in [0.15, 0.2) is 0 Å². The molecule has 0 aliphatic carbocycles. The average Bonchev–Trinajstić information content (AvgIpc) is 3.04. The molecule has 0 bridgehead atoms. The Labute approximate surface area is 147 Å². The molecule has 6 nitrogen and oxygen atoms in total.